The van der Waals surface area contributed by atoms with E-state index >= 15 is 0 Å². The number of nitrogens with one attached hydrogen (secondary N) is 2. The van der Waals surface area contributed by atoms with Crippen LogP contribution in [0.4, 0.5) is 5.82 Å². The van der Waals surface area contributed by atoms with Crippen molar-refractivity contribution in [2.45, 2.75) is 25.3 Å². The summed E-state index contributed by atoms with van der Waals surface area (Å²) in [5.41, 5.74) is 3.10. The van der Waals surface area contributed by atoms with Gasteiger partial charge in [0.15, 0.2) is 5.82 Å². The molecule has 1 aromatic carbocycles. The summed E-state index contributed by atoms with van der Waals surface area (Å²) in [6.45, 7) is 0.876. The lowest BCUT2D eigenvalue weighted by atomic mass is 10.1. The fourth-order valence-corrected chi connectivity index (χ4v) is 3.77. The summed E-state index contributed by atoms with van der Waals surface area (Å²) in [6.07, 6.45) is 9.84. The van der Waals surface area contributed by atoms with Gasteiger partial charge in [0.05, 0.1) is 38.3 Å². The van der Waals surface area contributed by atoms with Gasteiger partial charge in [-0.05, 0) is 44.0 Å². The zero-order valence-electron chi connectivity index (χ0n) is 19.0. The number of carbonyl (C=O) groups excluding carboxylic acids is 1. The minimum atomic E-state index is -0.346. The number of amides is 1. The fraction of sp³-hybridized carbons (Fsp3) is 0.333. The van der Waals surface area contributed by atoms with E-state index in [1.54, 1.807) is 20.4 Å². The lowest BCUT2D eigenvalue weighted by molar-refractivity contribution is 0.102. The Morgan fingerprint density at radius 2 is 1.88 bits per heavy atom. The number of aromatic nitrogens is 4. The number of anilines is 1. The highest BCUT2D eigenvalue weighted by Gasteiger charge is 2.20. The van der Waals surface area contributed by atoms with Crippen LogP contribution in [0.5, 0.6) is 11.5 Å². The van der Waals surface area contributed by atoms with Gasteiger partial charge < -0.3 is 14.8 Å². The van der Waals surface area contributed by atoms with Crippen LogP contribution in [0.1, 0.15) is 39.9 Å². The smallest absolute Gasteiger partial charge is 0.277 e. The lowest BCUT2D eigenvalue weighted by Gasteiger charge is -2.28. The number of aromatic amines is 1. The fourth-order valence-electron chi connectivity index (χ4n) is 3.77. The second-order valence-electron chi connectivity index (χ2n) is 7.94. The molecule has 4 rings (SSSR count). The molecule has 0 spiro atoms. The van der Waals surface area contributed by atoms with Crippen molar-refractivity contribution in [2.24, 2.45) is 0 Å². The van der Waals surface area contributed by atoms with Gasteiger partial charge in [-0.1, -0.05) is 12.2 Å². The van der Waals surface area contributed by atoms with Crippen LogP contribution < -0.4 is 14.8 Å². The number of hydrogen-bond acceptors (Lipinski definition) is 7. The van der Waals surface area contributed by atoms with Crippen molar-refractivity contribution >= 4 is 11.7 Å². The van der Waals surface area contributed by atoms with Crippen LogP contribution in [0.25, 0.3) is 0 Å². The number of hydrogen-bond donors (Lipinski definition) is 2. The molecule has 9 nitrogen and oxygen atoms in total. The number of H-pyrrole nitrogens is 1. The molecule has 1 amide bonds. The maximum absolute atomic E-state index is 12.6. The second kappa shape index (κ2) is 10.3. The van der Waals surface area contributed by atoms with Crippen LogP contribution in [0.3, 0.4) is 0 Å². The Morgan fingerprint density at radius 1 is 1.09 bits per heavy atom. The highest BCUT2D eigenvalue weighted by molar-refractivity contribution is 6.02. The Balaban J connectivity index is 1.34. The van der Waals surface area contributed by atoms with Gasteiger partial charge in [-0.3, -0.25) is 19.8 Å². The normalized spacial score (nSPS) is 15.9. The highest BCUT2D eigenvalue weighted by atomic mass is 16.5. The van der Waals surface area contributed by atoms with E-state index in [9.17, 15) is 4.79 Å². The number of ether oxygens (including phenoxy) is 2. The average Bonchev–Trinajstić information content (AvgIpc) is 3.30. The molecular weight excluding hydrogens is 420 g/mol. The van der Waals surface area contributed by atoms with Crippen LogP contribution in [0.2, 0.25) is 0 Å². The number of benzene rings is 1. The number of rotatable bonds is 8. The summed E-state index contributed by atoms with van der Waals surface area (Å²) >= 11 is 0. The Labute approximate surface area is 192 Å². The Kier molecular flexibility index (Phi) is 6.99. The monoisotopic (exact) mass is 448 g/mol. The van der Waals surface area contributed by atoms with Gasteiger partial charge in [0, 0.05) is 24.4 Å². The Morgan fingerprint density at radius 3 is 2.55 bits per heavy atom. The molecule has 0 saturated heterocycles. The van der Waals surface area contributed by atoms with Crippen molar-refractivity contribution in [3.8, 4) is 11.5 Å². The maximum Gasteiger partial charge on any atom is 0.277 e. The van der Waals surface area contributed by atoms with Gasteiger partial charge >= 0.3 is 0 Å². The third-order valence-electron chi connectivity index (χ3n) is 5.66. The summed E-state index contributed by atoms with van der Waals surface area (Å²) in [5, 5.41) is 9.94. The van der Waals surface area contributed by atoms with E-state index in [0.29, 0.717) is 5.82 Å². The molecule has 2 aromatic heterocycles. The van der Waals surface area contributed by atoms with E-state index in [1.807, 2.05) is 24.3 Å². The predicted molar refractivity (Wildman–Crippen MR) is 125 cm³/mol. The molecule has 0 aliphatic carbocycles. The van der Waals surface area contributed by atoms with Crippen molar-refractivity contribution in [2.75, 3.05) is 33.1 Å². The molecule has 3 heterocycles. The van der Waals surface area contributed by atoms with Crippen LogP contribution in [-0.2, 0) is 12.8 Å². The summed E-state index contributed by atoms with van der Waals surface area (Å²) < 4.78 is 10.6. The number of carbonyl (C=O) groups is 1. The molecule has 0 saturated carbocycles. The van der Waals surface area contributed by atoms with E-state index in [2.05, 4.69) is 49.6 Å². The third-order valence-corrected chi connectivity index (χ3v) is 5.66. The quantitative estimate of drug-likeness (QED) is 0.510. The zero-order chi connectivity index (χ0) is 23.2. The molecular formula is C24H28N6O3. The summed E-state index contributed by atoms with van der Waals surface area (Å²) in [5.74, 6) is 1.60. The van der Waals surface area contributed by atoms with Crippen molar-refractivity contribution in [1.82, 2.24) is 25.1 Å². The molecule has 9 heteroatoms. The van der Waals surface area contributed by atoms with Crippen LogP contribution in [-0.4, -0.2) is 58.8 Å². The Hall–Kier alpha value is -3.72. The first-order valence-corrected chi connectivity index (χ1v) is 10.8. The molecule has 1 atom stereocenters. The van der Waals surface area contributed by atoms with E-state index in [4.69, 9.17) is 9.47 Å². The zero-order valence-corrected chi connectivity index (χ0v) is 19.0. The maximum atomic E-state index is 12.6. The molecule has 0 fully saturated rings. The lowest BCUT2D eigenvalue weighted by Crippen LogP contribution is -2.28. The van der Waals surface area contributed by atoms with Gasteiger partial charge in [0.1, 0.15) is 17.2 Å². The second-order valence-corrected chi connectivity index (χ2v) is 7.94. The predicted octanol–water partition coefficient (Wildman–Crippen LogP) is 3.19. The van der Waals surface area contributed by atoms with Gasteiger partial charge in [-0.25, -0.2) is 4.98 Å². The van der Waals surface area contributed by atoms with Crippen LogP contribution in [0, 0.1) is 0 Å². The first kappa shape index (κ1) is 22.5. The largest absolute Gasteiger partial charge is 0.497 e. The number of nitrogens with zero attached hydrogens (tertiary/aromatic N) is 4. The molecule has 0 bridgehead atoms. The topological polar surface area (TPSA) is 105 Å². The van der Waals surface area contributed by atoms with Crippen molar-refractivity contribution < 1.29 is 14.3 Å². The average molecular weight is 449 g/mol. The first-order valence-electron chi connectivity index (χ1n) is 10.8. The number of methoxy groups -OCH3 is 2. The molecule has 2 N–H and O–H groups in total. The van der Waals surface area contributed by atoms with Gasteiger partial charge in [0.2, 0.25) is 0 Å². The van der Waals surface area contributed by atoms with Crippen molar-refractivity contribution in [1.29, 1.82) is 0 Å². The minimum Gasteiger partial charge on any atom is -0.497 e. The Bertz CT molecular complexity index is 1100. The molecule has 1 aliphatic heterocycles. The van der Waals surface area contributed by atoms with E-state index < -0.39 is 0 Å². The van der Waals surface area contributed by atoms with Crippen molar-refractivity contribution in [3.63, 3.8) is 0 Å². The van der Waals surface area contributed by atoms with Crippen molar-refractivity contribution in [3.05, 3.63) is 71.5 Å². The molecule has 172 valence electrons. The van der Waals surface area contributed by atoms with E-state index in [-0.39, 0.29) is 17.6 Å². The summed E-state index contributed by atoms with van der Waals surface area (Å²) in [4.78, 5) is 23.6. The van der Waals surface area contributed by atoms with Crippen LogP contribution in [0.15, 0.2) is 48.8 Å². The molecule has 33 heavy (non-hydrogen) atoms. The summed E-state index contributed by atoms with van der Waals surface area (Å²) in [6, 6.07) is 7.79. The standard InChI is InChI=1S/C24H28N6O3/c1-30-9-5-4-6-22(30)20-14-26-21(15-25-20)24(31)27-23-12-17(28-29-23)8-7-16-10-18(32-2)13-19(11-16)33-3/h4-5,10-15,22H,6-9H2,1-3H3,(H2,27,28,29,31). The number of likely N-dealkylation sites (N-methyl/N-ethyl adjacent to an activating group) is 1. The molecule has 1 unspecified atom stereocenters. The van der Waals surface area contributed by atoms with E-state index in [1.165, 1.54) is 6.20 Å². The van der Waals surface area contributed by atoms with E-state index in [0.717, 1.165) is 54.3 Å². The van der Waals surface area contributed by atoms with Gasteiger partial charge in [-0.2, -0.15) is 5.10 Å². The highest BCUT2D eigenvalue weighted by Crippen LogP contribution is 2.25. The summed E-state index contributed by atoms with van der Waals surface area (Å²) in [7, 11) is 5.31. The molecule has 0 radical (unpaired) electrons. The van der Waals surface area contributed by atoms with Gasteiger partial charge in [-0.15, -0.1) is 0 Å². The minimum absolute atomic E-state index is 0.179. The van der Waals surface area contributed by atoms with Crippen LogP contribution >= 0.6 is 0 Å². The number of aryl methyl sites for hydroxylation is 2. The SMILES string of the molecule is COc1cc(CCc2cc(NC(=O)c3cnc(C4CC=CCN4C)cn3)n[nH]2)cc(OC)c1. The third kappa shape index (κ3) is 5.56. The van der Waals surface area contributed by atoms with Gasteiger partial charge in [0.25, 0.3) is 5.91 Å². The molecule has 3 aromatic rings. The first-order chi connectivity index (χ1) is 16.1. The molecule has 1 aliphatic rings.